The molecule has 0 fully saturated rings. The van der Waals surface area contributed by atoms with Crippen molar-refractivity contribution in [2.24, 2.45) is 0 Å². The van der Waals surface area contributed by atoms with Gasteiger partial charge in [-0.25, -0.2) is 12.8 Å². The molecular weight excluding hydrogens is 436 g/mol. The highest BCUT2D eigenvalue weighted by atomic mass is 79.9. The molecule has 0 aliphatic rings. The van der Waals surface area contributed by atoms with Crippen molar-refractivity contribution in [3.05, 3.63) is 42.9 Å². The zero-order valence-corrected chi connectivity index (χ0v) is 14.7. The van der Waals surface area contributed by atoms with E-state index in [1.807, 2.05) is 0 Å². The van der Waals surface area contributed by atoms with E-state index in [1.165, 1.54) is 6.07 Å². The van der Waals surface area contributed by atoms with Gasteiger partial charge in [0.25, 0.3) is 10.0 Å². The highest BCUT2D eigenvalue weighted by Gasteiger charge is 2.20. The van der Waals surface area contributed by atoms with Gasteiger partial charge in [-0.2, -0.15) is 0 Å². The summed E-state index contributed by atoms with van der Waals surface area (Å²) in [5.74, 6) is -0.807. The van der Waals surface area contributed by atoms with Gasteiger partial charge in [0, 0.05) is 0 Å². The topological polar surface area (TPSA) is 46.2 Å². The number of rotatable bonds is 3. The van der Waals surface area contributed by atoms with Crippen molar-refractivity contribution in [3.63, 3.8) is 0 Å². The van der Waals surface area contributed by atoms with E-state index in [9.17, 15) is 12.8 Å². The molecule has 108 valence electrons. The average molecular weight is 440 g/mol. The molecule has 0 radical (unpaired) electrons. The molecule has 2 rings (SSSR count). The van der Waals surface area contributed by atoms with Crippen LogP contribution in [0.3, 0.4) is 0 Å². The van der Waals surface area contributed by atoms with Crippen LogP contribution < -0.4 is 4.72 Å². The Bertz CT molecular complexity index is 736. The summed E-state index contributed by atoms with van der Waals surface area (Å²) in [6.45, 7) is 0. The van der Waals surface area contributed by atoms with Crippen molar-refractivity contribution in [2.75, 3.05) is 4.72 Å². The van der Waals surface area contributed by atoms with E-state index in [0.717, 1.165) is 23.5 Å². The van der Waals surface area contributed by atoms with Gasteiger partial charge in [0.1, 0.15) is 4.21 Å². The molecule has 3 nitrogen and oxygen atoms in total. The molecule has 1 N–H and O–H groups in total. The normalized spacial score (nSPS) is 11.7. The molecule has 0 saturated heterocycles. The number of hydrogen-bond acceptors (Lipinski definition) is 3. The Morgan fingerprint density at radius 3 is 2.10 bits per heavy atom. The van der Waals surface area contributed by atoms with E-state index in [4.69, 9.17) is 34.8 Å². The minimum Gasteiger partial charge on any atom is -0.279 e. The number of anilines is 1. The largest absolute Gasteiger partial charge is 0.279 e. The summed E-state index contributed by atoms with van der Waals surface area (Å²) in [4.78, 5) is 0. The number of benzene rings is 1. The first kappa shape index (κ1) is 16.3. The van der Waals surface area contributed by atoms with Crippen molar-refractivity contribution in [1.82, 2.24) is 0 Å². The molecule has 0 amide bonds. The van der Waals surface area contributed by atoms with Gasteiger partial charge in [0.2, 0.25) is 0 Å². The Labute approximate surface area is 141 Å². The van der Waals surface area contributed by atoms with Crippen LogP contribution in [-0.4, -0.2) is 8.42 Å². The second-order valence-corrected chi connectivity index (χ2v) is 9.05. The van der Waals surface area contributed by atoms with Crippen LogP contribution in [0, 0.1) is 5.82 Å². The lowest BCUT2D eigenvalue weighted by molar-refractivity contribution is 0.603. The Kier molecular flexibility index (Phi) is 4.88. The van der Waals surface area contributed by atoms with Gasteiger partial charge in [-0.05, 0) is 34.1 Å². The minimum absolute atomic E-state index is 0.00550. The summed E-state index contributed by atoms with van der Waals surface area (Å²) in [6.07, 6.45) is 0. The third-order valence-corrected chi connectivity index (χ3v) is 7.00. The van der Waals surface area contributed by atoms with Crippen molar-refractivity contribution in [3.8, 4) is 0 Å². The first-order valence-electron chi connectivity index (χ1n) is 4.83. The van der Waals surface area contributed by atoms with Crippen molar-refractivity contribution < 1.29 is 12.8 Å². The van der Waals surface area contributed by atoms with Crippen molar-refractivity contribution >= 4 is 77.8 Å². The average Bonchev–Trinajstić information content (AvgIpc) is 2.67. The van der Waals surface area contributed by atoms with Crippen LogP contribution in [0.2, 0.25) is 15.1 Å². The minimum atomic E-state index is -3.85. The van der Waals surface area contributed by atoms with Crippen LogP contribution in [-0.2, 0) is 10.0 Å². The van der Waals surface area contributed by atoms with E-state index in [0.29, 0.717) is 3.79 Å². The number of sulfonamides is 1. The molecule has 1 heterocycles. The van der Waals surface area contributed by atoms with Crippen molar-refractivity contribution in [2.45, 2.75) is 4.21 Å². The highest BCUT2D eigenvalue weighted by molar-refractivity contribution is 9.11. The van der Waals surface area contributed by atoms with Crippen LogP contribution >= 0.6 is 62.1 Å². The quantitative estimate of drug-likeness (QED) is 0.650. The number of thiophene rings is 1. The fourth-order valence-electron chi connectivity index (χ4n) is 1.28. The summed E-state index contributed by atoms with van der Waals surface area (Å²) >= 11 is 21.1. The van der Waals surface area contributed by atoms with Gasteiger partial charge in [-0.15, -0.1) is 11.3 Å². The molecule has 0 saturated carbocycles. The van der Waals surface area contributed by atoms with Gasteiger partial charge in [0.15, 0.2) is 5.82 Å². The Morgan fingerprint density at radius 2 is 1.65 bits per heavy atom. The van der Waals surface area contributed by atoms with Crippen molar-refractivity contribution in [1.29, 1.82) is 0 Å². The molecule has 1 aromatic carbocycles. The van der Waals surface area contributed by atoms with Gasteiger partial charge < -0.3 is 0 Å². The zero-order valence-electron chi connectivity index (χ0n) is 9.25. The molecule has 10 heteroatoms. The number of halogens is 5. The molecule has 0 atom stereocenters. The molecule has 0 bridgehead atoms. The van der Waals surface area contributed by atoms with E-state index in [-0.39, 0.29) is 25.0 Å². The number of hydrogen-bond donors (Lipinski definition) is 1. The molecular formula is C10H4BrCl3FNO2S2. The molecule has 0 unspecified atom stereocenters. The predicted octanol–water partition coefficient (Wildman–Crippen LogP) is 5.41. The molecule has 2 aromatic rings. The van der Waals surface area contributed by atoms with Gasteiger partial charge in [-0.3, -0.25) is 4.72 Å². The van der Waals surface area contributed by atoms with E-state index in [1.54, 1.807) is 0 Å². The van der Waals surface area contributed by atoms with E-state index in [2.05, 4.69) is 20.7 Å². The monoisotopic (exact) mass is 437 g/mol. The summed E-state index contributed by atoms with van der Waals surface area (Å²) in [6, 6.07) is 3.56. The summed E-state index contributed by atoms with van der Waals surface area (Å²) in [7, 11) is -3.85. The smallest absolute Gasteiger partial charge is 0.271 e. The lowest BCUT2D eigenvalue weighted by atomic mass is 10.3. The third-order valence-electron chi connectivity index (χ3n) is 2.12. The summed E-state index contributed by atoms with van der Waals surface area (Å²) in [5, 5.41) is -0.272. The Hall–Kier alpha value is -0.0500. The van der Waals surface area contributed by atoms with Crippen LogP contribution in [0.1, 0.15) is 0 Å². The zero-order chi connectivity index (χ0) is 15.1. The van der Waals surface area contributed by atoms with Gasteiger partial charge >= 0.3 is 0 Å². The van der Waals surface area contributed by atoms with Crippen LogP contribution in [0.5, 0.6) is 0 Å². The fourth-order valence-corrected chi connectivity index (χ4v) is 5.20. The van der Waals surface area contributed by atoms with Gasteiger partial charge in [0.05, 0.1) is 24.5 Å². The van der Waals surface area contributed by atoms with Crippen LogP contribution in [0.25, 0.3) is 0 Å². The van der Waals surface area contributed by atoms with Gasteiger partial charge in [-0.1, -0.05) is 34.8 Å². The molecule has 20 heavy (non-hydrogen) atoms. The standard InChI is InChI=1S/C10H4BrCl3FNO2S2/c11-10-7(14)3-8(19-10)20(17,18)16-4-1-5(12)9(15)6(13)2-4/h1-3,16H. The van der Waals surface area contributed by atoms with E-state index >= 15 is 0 Å². The SMILES string of the molecule is O=S(=O)(Nc1cc(Cl)c(F)c(Cl)c1)c1cc(Cl)c(Br)s1. The fraction of sp³-hybridized carbons (Fsp3) is 0. The maximum absolute atomic E-state index is 13.3. The molecule has 0 aliphatic heterocycles. The lowest BCUT2D eigenvalue weighted by Crippen LogP contribution is -2.11. The van der Waals surface area contributed by atoms with Crippen LogP contribution in [0.15, 0.2) is 26.2 Å². The Balaban J connectivity index is 2.38. The van der Waals surface area contributed by atoms with E-state index < -0.39 is 15.8 Å². The lowest BCUT2D eigenvalue weighted by Gasteiger charge is -2.07. The van der Waals surface area contributed by atoms with Crippen LogP contribution in [0.4, 0.5) is 10.1 Å². The molecule has 0 spiro atoms. The highest BCUT2D eigenvalue weighted by Crippen LogP contribution is 2.36. The maximum Gasteiger partial charge on any atom is 0.271 e. The second kappa shape index (κ2) is 5.98. The molecule has 0 aliphatic carbocycles. The third kappa shape index (κ3) is 3.40. The summed E-state index contributed by atoms with van der Waals surface area (Å²) < 4.78 is 40.2. The Morgan fingerprint density at radius 1 is 1.10 bits per heavy atom. The first-order valence-corrected chi connectivity index (χ1v) is 9.05. The molecule has 1 aromatic heterocycles. The second-order valence-electron chi connectivity index (χ2n) is 3.55. The maximum atomic E-state index is 13.3. The predicted molar refractivity (Wildman–Crippen MR) is 84.3 cm³/mol. The first-order chi connectivity index (χ1) is 9.20. The summed E-state index contributed by atoms with van der Waals surface area (Å²) in [5.41, 5.74) is 0.0574. The number of nitrogens with one attached hydrogen (secondary N) is 1.